The molecule has 2 heteroatoms. The molecule has 1 aromatic carbocycles. The molecular formula is C12H13NS. The summed E-state index contributed by atoms with van der Waals surface area (Å²) in [5, 5.41) is 2.10. The molecule has 0 aliphatic rings. The molecule has 1 rings (SSSR count). The van der Waals surface area contributed by atoms with Crippen LogP contribution in [0.3, 0.4) is 0 Å². The first-order chi connectivity index (χ1) is 6.93. The molecule has 0 bridgehead atoms. The molecule has 0 spiro atoms. The Morgan fingerprint density at radius 3 is 2.79 bits per heavy atom. The number of rotatable bonds is 5. The van der Waals surface area contributed by atoms with Gasteiger partial charge in [-0.1, -0.05) is 36.0 Å². The molecule has 0 amide bonds. The van der Waals surface area contributed by atoms with Gasteiger partial charge < -0.3 is 4.85 Å². The number of unbranched alkanes of at least 4 members (excludes halogenated alkanes) is 1. The number of hydrogen-bond donors (Lipinski definition) is 0. The lowest BCUT2D eigenvalue weighted by atomic mass is 10.3. The second-order valence-corrected chi connectivity index (χ2v) is 3.81. The monoisotopic (exact) mass is 203 g/mol. The largest absolute Gasteiger partial charge is 0.317 e. The third-order valence-corrected chi connectivity index (χ3v) is 2.56. The van der Waals surface area contributed by atoms with Crippen LogP contribution < -0.4 is 0 Å². The van der Waals surface area contributed by atoms with Gasteiger partial charge >= 0.3 is 0 Å². The van der Waals surface area contributed by atoms with Crippen molar-refractivity contribution in [1.29, 1.82) is 0 Å². The summed E-state index contributed by atoms with van der Waals surface area (Å²) < 4.78 is 0. The Morgan fingerprint density at radius 2 is 2.07 bits per heavy atom. The summed E-state index contributed by atoms with van der Waals surface area (Å²) in [6.07, 6.45) is 4.10. The van der Waals surface area contributed by atoms with Crippen LogP contribution in [0.25, 0.3) is 4.85 Å². The van der Waals surface area contributed by atoms with E-state index in [2.05, 4.69) is 28.5 Å². The first-order valence-corrected chi connectivity index (χ1v) is 5.51. The summed E-state index contributed by atoms with van der Waals surface area (Å²) >= 11 is 1.72. The zero-order chi connectivity index (χ0) is 10.1. The van der Waals surface area contributed by atoms with Gasteiger partial charge in [0.1, 0.15) is 0 Å². The zero-order valence-corrected chi connectivity index (χ0v) is 8.83. The predicted octanol–water partition coefficient (Wildman–Crippen LogP) is 3.99. The molecule has 72 valence electrons. The van der Waals surface area contributed by atoms with Crippen LogP contribution in [0, 0.1) is 6.57 Å². The molecule has 0 aliphatic carbocycles. The summed E-state index contributed by atoms with van der Waals surface area (Å²) in [7, 11) is 0. The second kappa shape index (κ2) is 7.23. The lowest BCUT2D eigenvalue weighted by molar-refractivity contribution is 0.924. The Morgan fingerprint density at radius 1 is 1.29 bits per heavy atom. The second-order valence-electron chi connectivity index (χ2n) is 2.83. The van der Waals surface area contributed by atoms with E-state index in [4.69, 9.17) is 6.57 Å². The molecular weight excluding hydrogens is 190 g/mol. The standard InChI is InChI=1S/C12H13NS/c1-13-10-6-3-7-11-14-12-8-4-2-5-9-12/h2,4-5,7-9,11H,3,6,10H2/b11-7+. The smallest absolute Gasteiger partial charge is 0.215 e. The van der Waals surface area contributed by atoms with E-state index in [1.807, 2.05) is 18.2 Å². The van der Waals surface area contributed by atoms with Gasteiger partial charge in [0.05, 0.1) is 0 Å². The molecule has 0 aliphatic heterocycles. The highest BCUT2D eigenvalue weighted by Gasteiger charge is 1.87. The van der Waals surface area contributed by atoms with E-state index < -0.39 is 0 Å². The van der Waals surface area contributed by atoms with E-state index in [0.717, 1.165) is 12.8 Å². The molecule has 0 saturated heterocycles. The van der Waals surface area contributed by atoms with Gasteiger partial charge in [-0.3, -0.25) is 0 Å². The lowest BCUT2D eigenvalue weighted by Crippen LogP contribution is -1.73. The van der Waals surface area contributed by atoms with Crippen LogP contribution in [0.15, 0.2) is 46.7 Å². The fourth-order valence-electron chi connectivity index (χ4n) is 0.982. The minimum atomic E-state index is 0.639. The summed E-state index contributed by atoms with van der Waals surface area (Å²) in [5.74, 6) is 0. The summed E-state index contributed by atoms with van der Waals surface area (Å²) in [5.41, 5.74) is 0. The SMILES string of the molecule is [C-]#[N+]CCC/C=C/Sc1ccccc1. The third-order valence-electron chi connectivity index (χ3n) is 1.68. The van der Waals surface area contributed by atoms with Crippen LogP contribution in [0.1, 0.15) is 12.8 Å². The topological polar surface area (TPSA) is 4.36 Å². The number of nitrogens with zero attached hydrogens (tertiary/aromatic N) is 1. The minimum absolute atomic E-state index is 0.639. The van der Waals surface area contributed by atoms with E-state index in [9.17, 15) is 0 Å². The van der Waals surface area contributed by atoms with Crippen LogP contribution in [0.2, 0.25) is 0 Å². The molecule has 1 nitrogen and oxygen atoms in total. The fraction of sp³-hybridized carbons (Fsp3) is 0.250. The summed E-state index contributed by atoms with van der Waals surface area (Å²) in [6, 6.07) is 10.3. The van der Waals surface area contributed by atoms with E-state index in [1.54, 1.807) is 11.8 Å². The Labute approximate surface area is 89.7 Å². The average molecular weight is 203 g/mol. The van der Waals surface area contributed by atoms with Gasteiger partial charge in [0.2, 0.25) is 6.54 Å². The zero-order valence-electron chi connectivity index (χ0n) is 8.02. The predicted molar refractivity (Wildman–Crippen MR) is 62.1 cm³/mol. The third kappa shape index (κ3) is 4.74. The molecule has 0 atom stereocenters. The summed E-state index contributed by atoms with van der Waals surface area (Å²) in [4.78, 5) is 4.56. The first-order valence-electron chi connectivity index (χ1n) is 4.63. The van der Waals surface area contributed by atoms with E-state index in [-0.39, 0.29) is 0 Å². The van der Waals surface area contributed by atoms with Crippen molar-refractivity contribution in [2.24, 2.45) is 0 Å². The van der Waals surface area contributed by atoms with E-state index in [0.29, 0.717) is 6.54 Å². The Hall–Kier alpha value is -1.20. The molecule has 0 fully saturated rings. The number of allylic oxidation sites excluding steroid dienone is 1. The normalized spacial score (nSPS) is 10.2. The van der Waals surface area contributed by atoms with Crippen molar-refractivity contribution < 1.29 is 0 Å². The average Bonchev–Trinajstić information content (AvgIpc) is 2.25. The van der Waals surface area contributed by atoms with Crippen molar-refractivity contribution in [1.82, 2.24) is 0 Å². The Balaban J connectivity index is 2.18. The maximum atomic E-state index is 6.61. The molecule has 0 N–H and O–H groups in total. The van der Waals surface area contributed by atoms with Gasteiger partial charge in [-0.25, -0.2) is 6.57 Å². The van der Waals surface area contributed by atoms with E-state index >= 15 is 0 Å². The number of hydrogen-bond acceptors (Lipinski definition) is 1. The molecule has 0 saturated carbocycles. The van der Waals surface area contributed by atoms with Crippen molar-refractivity contribution in [3.8, 4) is 0 Å². The summed E-state index contributed by atoms with van der Waals surface area (Å²) in [6.45, 7) is 7.25. The van der Waals surface area contributed by atoms with Crippen molar-refractivity contribution in [2.75, 3.05) is 6.54 Å². The molecule has 1 aromatic rings. The fourth-order valence-corrected chi connectivity index (χ4v) is 1.69. The van der Waals surface area contributed by atoms with Crippen molar-refractivity contribution >= 4 is 11.8 Å². The van der Waals surface area contributed by atoms with Crippen LogP contribution in [0.5, 0.6) is 0 Å². The highest BCUT2D eigenvalue weighted by molar-refractivity contribution is 8.02. The highest BCUT2D eigenvalue weighted by Crippen LogP contribution is 2.18. The van der Waals surface area contributed by atoms with Crippen LogP contribution >= 0.6 is 11.8 Å². The number of benzene rings is 1. The minimum Gasteiger partial charge on any atom is -0.317 e. The molecule has 14 heavy (non-hydrogen) atoms. The van der Waals surface area contributed by atoms with Gasteiger partial charge in [0, 0.05) is 11.3 Å². The Bertz CT molecular complexity index is 311. The van der Waals surface area contributed by atoms with Crippen molar-refractivity contribution in [2.45, 2.75) is 17.7 Å². The van der Waals surface area contributed by atoms with E-state index in [1.165, 1.54) is 4.90 Å². The van der Waals surface area contributed by atoms with Gasteiger partial charge in [-0.2, -0.15) is 0 Å². The van der Waals surface area contributed by atoms with Gasteiger partial charge in [-0.05, 0) is 24.0 Å². The molecule has 0 aromatic heterocycles. The first kappa shape index (κ1) is 10.9. The van der Waals surface area contributed by atoms with Gasteiger partial charge in [0.25, 0.3) is 0 Å². The highest BCUT2D eigenvalue weighted by atomic mass is 32.2. The van der Waals surface area contributed by atoms with Gasteiger partial charge in [-0.15, -0.1) is 0 Å². The van der Waals surface area contributed by atoms with Gasteiger partial charge in [0.15, 0.2) is 0 Å². The van der Waals surface area contributed by atoms with Crippen molar-refractivity contribution in [3.63, 3.8) is 0 Å². The molecule has 0 radical (unpaired) electrons. The number of thioether (sulfide) groups is 1. The van der Waals surface area contributed by atoms with Crippen molar-refractivity contribution in [3.05, 3.63) is 53.2 Å². The van der Waals surface area contributed by atoms with Crippen LogP contribution in [-0.2, 0) is 0 Å². The molecule has 0 heterocycles. The lowest BCUT2D eigenvalue weighted by Gasteiger charge is -1.93. The maximum absolute atomic E-state index is 6.61. The van der Waals surface area contributed by atoms with Crippen LogP contribution in [-0.4, -0.2) is 6.54 Å². The Kier molecular flexibility index (Phi) is 5.62. The van der Waals surface area contributed by atoms with Crippen LogP contribution in [0.4, 0.5) is 0 Å². The quantitative estimate of drug-likeness (QED) is 0.398. The molecule has 0 unspecified atom stereocenters. The maximum Gasteiger partial charge on any atom is 0.215 e.